The number of aliphatic hydroxyl groups is 1. The zero-order valence-corrected chi connectivity index (χ0v) is 11.2. The first-order valence-corrected chi connectivity index (χ1v) is 6.71. The molecule has 1 aliphatic rings. The van der Waals surface area contributed by atoms with Gasteiger partial charge in [-0.25, -0.2) is 9.97 Å². The molecule has 0 radical (unpaired) electrons. The number of aliphatic hydroxyl groups excluding tert-OH is 1. The van der Waals surface area contributed by atoms with E-state index in [4.69, 9.17) is 5.11 Å². The molecule has 6 heteroatoms. The summed E-state index contributed by atoms with van der Waals surface area (Å²) in [6, 6.07) is 1.56. The summed E-state index contributed by atoms with van der Waals surface area (Å²) in [5, 5.41) is 9.01. The van der Waals surface area contributed by atoms with Crippen molar-refractivity contribution in [2.24, 2.45) is 0 Å². The van der Waals surface area contributed by atoms with Crippen molar-refractivity contribution in [2.45, 2.75) is 25.8 Å². The second-order valence-corrected chi connectivity index (χ2v) is 4.54. The third-order valence-corrected chi connectivity index (χ3v) is 3.41. The molecule has 1 aromatic heterocycles. The van der Waals surface area contributed by atoms with Crippen molar-refractivity contribution in [1.82, 2.24) is 14.9 Å². The van der Waals surface area contributed by atoms with Crippen LogP contribution in [0, 0.1) is 0 Å². The molecule has 1 N–H and O–H groups in total. The minimum atomic E-state index is -0.200. The maximum Gasteiger partial charge on any atom is 0.245 e. The fourth-order valence-electron chi connectivity index (χ4n) is 2.46. The van der Waals surface area contributed by atoms with Crippen LogP contribution >= 0.6 is 0 Å². The topological polar surface area (TPSA) is 69.6 Å². The highest BCUT2D eigenvalue weighted by Crippen LogP contribution is 2.23. The highest BCUT2D eigenvalue weighted by Gasteiger charge is 2.34. The number of carbonyl (C=O) groups excluding carboxylic acids is 1. The van der Waals surface area contributed by atoms with Crippen LogP contribution in [0.4, 0.5) is 5.95 Å². The molecule has 0 aromatic carbocycles. The Bertz CT molecular complexity index is 412. The standard InChI is InChI=1S/C13H20N4O2/c1-2-16(9-10-18)12(19)11-5-3-8-17(11)13-14-6-4-7-15-13/h4,6-7,11,18H,2-3,5,8-10H2,1H3. The van der Waals surface area contributed by atoms with Gasteiger partial charge in [0.1, 0.15) is 6.04 Å². The second-order valence-electron chi connectivity index (χ2n) is 4.54. The average molecular weight is 264 g/mol. The molecule has 1 unspecified atom stereocenters. The third-order valence-electron chi connectivity index (χ3n) is 3.41. The summed E-state index contributed by atoms with van der Waals surface area (Å²) in [6.07, 6.45) is 5.16. The van der Waals surface area contributed by atoms with Gasteiger partial charge in [0.2, 0.25) is 11.9 Å². The van der Waals surface area contributed by atoms with Gasteiger partial charge in [0.15, 0.2) is 0 Å². The molecule has 6 nitrogen and oxygen atoms in total. The van der Waals surface area contributed by atoms with Crippen molar-refractivity contribution in [1.29, 1.82) is 0 Å². The molecular weight excluding hydrogens is 244 g/mol. The van der Waals surface area contributed by atoms with E-state index in [1.165, 1.54) is 0 Å². The average Bonchev–Trinajstić information content (AvgIpc) is 2.94. The van der Waals surface area contributed by atoms with E-state index in [9.17, 15) is 4.79 Å². The van der Waals surface area contributed by atoms with Gasteiger partial charge < -0.3 is 14.9 Å². The Hall–Kier alpha value is -1.69. The predicted molar refractivity (Wildman–Crippen MR) is 71.7 cm³/mol. The number of aromatic nitrogens is 2. The van der Waals surface area contributed by atoms with E-state index >= 15 is 0 Å². The maximum atomic E-state index is 12.5. The minimum absolute atomic E-state index is 0.00582. The smallest absolute Gasteiger partial charge is 0.245 e. The molecule has 19 heavy (non-hydrogen) atoms. The molecule has 0 saturated carbocycles. The number of hydrogen-bond donors (Lipinski definition) is 1. The summed E-state index contributed by atoms with van der Waals surface area (Å²) in [5.74, 6) is 0.667. The molecule has 0 spiro atoms. The summed E-state index contributed by atoms with van der Waals surface area (Å²) in [4.78, 5) is 24.6. The third kappa shape index (κ3) is 3.01. The number of likely N-dealkylation sites (N-methyl/N-ethyl adjacent to an activating group) is 1. The molecule has 0 aliphatic carbocycles. The van der Waals surface area contributed by atoms with Crippen LogP contribution in [-0.2, 0) is 4.79 Å². The second kappa shape index (κ2) is 6.47. The molecule has 1 saturated heterocycles. The SMILES string of the molecule is CCN(CCO)C(=O)C1CCCN1c1ncccn1. The molecule has 0 bridgehead atoms. The molecular formula is C13H20N4O2. The monoisotopic (exact) mass is 264 g/mol. The summed E-state index contributed by atoms with van der Waals surface area (Å²) >= 11 is 0. The van der Waals surface area contributed by atoms with Gasteiger partial charge in [-0.3, -0.25) is 4.79 Å². The first kappa shape index (κ1) is 13.7. The van der Waals surface area contributed by atoms with E-state index in [2.05, 4.69) is 9.97 Å². The van der Waals surface area contributed by atoms with Crippen LogP contribution in [0.25, 0.3) is 0 Å². The Labute approximate surface area is 113 Å². The molecule has 1 aromatic rings. The molecule has 2 heterocycles. The predicted octanol–water partition coefficient (Wildman–Crippen LogP) is 0.286. The lowest BCUT2D eigenvalue weighted by Crippen LogP contribution is -2.47. The number of hydrogen-bond acceptors (Lipinski definition) is 5. The molecule has 1 fully saturated rings. The van der Waals surface area contributed by atoms with E-state index in [0.717, 1.165) is 19.4 Å². The first-order chi connectivity index (χ1) is 9.27. The molecule has 1 atom stereocenters. The zero-order valence-electron chi connectivity index (χ0n) is 11.2. The lowest BCUT2D eigenvalue weighted by Gasteiger charge is -2.29. The highest BCUT2D eigenvalue weighted by molar-refractivity contribution is 5.85. The van der Waals surface area contributed by atoms with Gasteiger partial charge in [0.25, 0.3) is 0 Å². The van der Waals surface area contributed by atoms with Gasteiger partial charge >= 0.3 is 0 Å². The molecule has 104 valence electrons. The fraction of sp³-hybridized carbons (Fsp3) is 0.615. The Kier molecular flexibility index (Phi) is 4.68. The quantitative estimate of drug-likeness (QED) is 0.827. The summed E-state index contributed by atoms with van der Waals surface area (Å²) in [7, 11) is 0. The lowest BCUT2D eigenvalue weighted by atomic mass is 10.2. The van der Waals surface area contributed by atoms with Gasteiger partial charge in [-0.15, -0.1) is 0 Å². The summed E-state index contributed by atoms with van der Waals surface area (Å²) < 4.78 is 0. The van der Waals surface area contributed by atoms with E-state index in [1.807, 2.05) is 11.8 Å². The lowest BCUT2D eigenvalue weighted by molar-refractivity contribution is -0.132. The minimum Gasteiger partial charge on any atom is -0.395 e. The Balaban J connectivity index is 2.12. The van der Waals surface area contributed by atoms with Crippen LogP contribution in [0.15, 0.2) is 18.5 Å². The number of carbonyl (C=O) groups is 1. The van der Waals surface area contributed by atoms with Crippen LogP contribution in [0.1, 0.15) is 19.8 Å². The van der Waals surface area contributed by atoms with Crippen LogP contribution < -0.4 is 4.90 Å². The Morgan fingerprint density at radius 1 is 1.53 bits per heavy atom. The Morgan fingerprint density at radius 2 is 2.26 bits per heavy atom. The number of rotatable bonds is 5. The number of anilines is 1. The molecule has 2 rings (SSSR count). The maximum absolute atomic E-state index is 12.5. The van der Waals surface area contributed by atoms with Crippen LogP contribution in [0.3, 0.4) is 0 Å². The summed E-state index contributed by atoms with van der Waals surface area (Å²) in [5.41, 5.74) is 0. The van der Waals surface area contributed by atoms with Crippen LogP contribution in [0.2, 0.25) is 0 Å². The van der Waals surface area contributed by atoms with Crippen LogP contribution in [0.5, 0.6) is 0 Å². The van der Waals surface area contributed by atoms with E-state index in [1.54, 1.807) is 23.4 Å². The van der Waals surface area contributed by atoms with Gasteiger partial charge in [0.05, 0.1) is 6.61 Å². The van der Waals surface area contributed by atoms with Gasteiger partial charge in [-0.05, 0) is 25.8 Å². The Morgan fingerprint density at radius 3 is 2.89 bits per heavy atom. The van der Waals surface area contributed by atoms with Crippen molar-refractivity contribution in [3.05, 3.63) is 18.5 Å². The largest absolute Gasteiger partial charge is 0.395 e. The molecule has 1 amide bonds. The summed E-state index contributed by atoms with van der Waals surface area (Å²) in [6.45, 7) is 3.71. The normalized spacial score (nSPS) is 18.6. The van der Waals surface area contributed by atoms with E-state index in [0.29, 0.717) is 19.0 Å². The van der Waals surface area contributed by atoms with Crippen molar-refractivity contribution >= 4 is 11.9 Å². The van der Waals surface area contributed by atoms with Crippen LogP contribution in [-0.4, -0.2) is 58.2 Å². The van der Waals surface area contributed by atoms with E-state index in [-0.39, 0.29) is 18.6 Å². The highest BCUT2D eigenvalue weighted by atomic mass is 16.3. The van der Waals surface area contributed by atoms with E-state index < -0.39 is 0 Å². The van der Waals surface area contributed by atoms with Crippen molar-refractivity contribution < 1.29 is 9.90 Å². The zero-order chi connectivity index (χ0) is 13.7. The first-order valence-electron chi connectivity index (χ1n) is 6.71. The fourth-order valence-corrected chi connectivity index (χ4v) is 2.46. The number of amides is 1. The van der Waals surface area contributed by atoms with Gasteiger partial charge in [0, 0.05) is 32.0 Å². The van der Waals surface area contributed by atoms with Crippen molar-refractivity contribution in [2.75, 3.05) is 31.1 Å². The van der Waals surface area contributed by atoms with Gasteiger partial charge in [-0.1, -0.05) is 0 Å². The molecule has 1 aliphatic heterocycles. The van der Waals surface area contributed by atoms with Crippen molar-refractivity contribution in [3.8, 4) is 0 Å². The van der Waals surface area contributed by atoms with Crippen molar-refractivity contribution in [3.63, 3.8) is 0 Å². The number of nitrogens with zero attached hydrogens (tertiary/aromatic N) is 4. The van der Waals surface area contributed by atoms with Gasteiger partial charge in [-0.2, -0.15) is 0 Å².